The fourth-order valence-corrected chi connectivity index (χ4v) is 3.63. The standard InChI is InChI=1S/C19H20N6O/c1-2-15(14-10-12-6-3-4-7-13(12)11-14)21-19(26)17-9-5-8-16(20-17)18-22-24-25-23-18/h3-9,14-15H,2,10-11H2,1H3,(H,21,26)(H,22,23,24,25). The van der Waals surface area contributed by atoms with Crippen molar-refractivity contribution in [2.24, 2.45) is 5.92 Å². The third-order valence-electron chi connectivity index (χ3n) is 4.96. The number of carbonyl (C=O) groups excluding carboxylic acids is 1. The number of rotatable bonds is 5. The lowest BCUT2D eigenvalue weighted by Gasteiger charge is -2.23. The number of nitrogens with zero attached hydrogens (tertiary/aromatic N) is 4. The summed E-state index contributed by atoms with van der Waals surface area (Å²) in [5, 5.41) is 16.9. The Morgan fingerprint density at radius 2 is 1.96 bits per heavy atom. The first-order chi connectivity index (χ1) is 12.7. The van der Waals surface area contributed by atoms with E-state index < -0.39 is 0 Å². The van der Waals surface area contributed by atoms with Crippen LogP contribution in [-0.2, 0) is 12.8 Å². The summed E-state index contributed by atoms with van der Waals surface area (Å²) in [6, 6.07) is 13.9. The summed E-state index contributed by atoms with van der Waals surface area (Å²) >= 11 is 0. The highest BCUT2D eigenvalue weighted by Crippen LogP contribution is 2.29. The van der Waals surface area contributed by atoms with Crippen molar-refractivity contribution in [2.45, 2.75) is 32.2 Å². The summed E-state index contributed by atoms with van der Waals surface area (Å²) in [5.41, 5.74) is 3.67. The molecule has 1 atom stereocenters. The van der Waals surface area contributed by atoms with Crippen LogP contribution >= 0.6 is 0 Å². The second kappa shape index (κ2) is 7.03. The molecule has 4 rings (SSSR count). The number of tetrazole rings is 1. The minimum Gasteiger partial charge on any atom is -0.348 e. The molecule has 3 aromatic rings. The van der Waals surface area contributed by atoms with Crippen molar-refractivity contribution in [1.29, 1.82) is 0 Å². The number of hydrogen-bond donors (Lipinski definition) is 2. The Kier molecular flexibility index (Phi) is 4.43. The lowest BCUT2D eigenvalue weighted by molar-refractivity contribution is 0.0916. The summed E-state index contributed by atoms with van der Waals surface area (Å²) in [4.78, 5) is 17.1. The van der Waals surface area contributed by atoms with Gasteiger partial charge in [-0.25, -0.2) is 4.98 Å². The number of H-pyrrole nitrogens is 1. The first kappa shape index (κ1) is 16.4. The molecule has 0 saturated heterocycles. The summed E-state index contributed by atoms with van der Waals surface area (Å²) < 4.78 is 0. The van der Waals surface area contributed by atoms with Gasteiger partial charge in [0.25, 0.3) is 5.91 Å². The number of aromatic nitrogens is 5. The zero-order chi connectivity index (χ0) is 17.9. The van der Waals surface area contributed by atoms with Gasteiger partial charge in [-0.15, -0.1) is 10.2 Å². The maximum atomic E-state index is 12.7. The van der Waals surface area contributed by atoms with Gasteiger partial charge in [0.05, 0.1) is 0 Å². The largest absolute Gasteiger partial charge is 0.348 e. The normalized spacial score (nSPS) is 14.8. The maximum absolute atomic E-state index is 12.7. The Hall–Kier alpha value is -3.09. The van der Waals surface area contributed by atoms with Crippen LogP contribution in [0.3, 0.4) is 0 Å². The minimum atomic E-state index is -0.168. The summed E-state index contributed by atoms with van der Waals surface area (Å²) in [6.07, 6.45) is 2.89. The van der Waals surface area contributed by atoms with Crippen molar-refractivity contribution in [1.82, 2.24) is 30.9 Å². The van der Waals surface area contributed by atoms with Crippen LogP contribution < -0.4 is 5.32 Å². The van der Waals surface area contributed by atoms with Crippen LogP contribution in [0, 0.1) is 5.92 Å². The van der Waals surface area contributed by atoms with E-state index in [1.54, 1.807) is 18.2 Å². The van der Waals surface area contributed by atoms with Gasteiger partial charge in [0.2, 0.25) is 5.82 Å². The molecule has 1 aliphatic carbocycles. The maximum Gasteiger partial charge on any atom is 0.270 e. The van der Waals surface area contributed by atoms with E-state index in [0.717, 1.165) is 19.3 Å². The topological polar surface area (TPSA) is 96.5 Å². The number of fused-ring (bicyclic) bond motifs is 1. The van der Waals surface area contributed by atoms with Gasteiger partial charge in [0, 0.05) is 6.04 Å². The second-order valence-electron chi connectivity index (χ2n) is 6.57. The third kappa shape index (κ3) is 3.20. The van der Waals surface area contributed by atoms with E-state index in [9.17, 15) is 4.79 Å². The number of hydrogen-bond acceptors (Lipinski definition) is 5. The van der Waals surface area contributed by atoms with Gasteiger partial charge in [-0.1, -0.05) is 37.3 Å². The van der Waals surface area contributed by atoms with Gasteiger partial charge in [-0.3, -0.25) is 4.79 Å². The first-order valence-electron chi connectivity index (χ1n) is 8.83. The molecule has 0 aliphatic heterocycles. The molecule has 1 unspecified atom stereocenters. The monoisotopic (exact) mass is 348 g/mol. The highest BCUT2D eigenvalue weighted by Gasteiger charge is 2.29. The highest BCUT2D eigenvalue weighted by atomic mass is 16.1. The Labute approximate surface area is 151 Å². The fraction of sp³-hybridized carbons (Fsp3) is 0.316. The fourth-order valence-electron chi connectivity index (χ4n) is 3.63. The molecule has 1 aliphatic rings. The number of benzene rings is 1. The van der Waals surface area contributed by atoms with E-state index in [-0.39, 0.29) is 11.9 Å². The quantitative estimate of drug-likeness (QED) is 0.737. The number of carbonyl (C=O) groups is 1. The van der Waals surface area contributed by atoms with Crippen LogP contribution in [-0.4, -0.2) is 37.6 Å². The van der Waals surface area contributed by atoms with Crippen molar-refractivity contribution < 1.29 is 4.79 Å². The lowest BCUT2D eigenvalue weighted by Crippen LogP contribution is -2.40. The van der Waals surface area contributed by atoms with E-state index in [2.05, 4.69) is 62.1 Å². The first-order valence-corrected chi connectivity index (χ1v) is 8.83. The molecule has 26 heavy (non-hydrogen) atoms. The number of amides is 1. The van der Waals surface area contributed by atoms with E-state index >= 15 is 0 Å². The number of nitrogens with one attached hydrogen (secondary N) is 2. The van der Waals surface area contributed by atoms with Gasteiger partial charge in [-0.2, -0.15) is 5.21 Å². The van der Waals surface area contributed by atoms with Crippen molar-refractivity contribution in [3.63, 3.8) is 0 Å². The molecule has 1 aromatic carbocycles. The van der Waals surface area contributed by atoms with Crippen LogP contribution in [0.25, 0.3) is 11.5 Å². The Morgan fingerprint density at radius 3 is 2.62 bits per heavy atom. The molecule has 0 fully saturated rings. The lowest BCUT2D eigenvalue weighted by atomic mass is 9.94. The predicted octanol–water partition coefficient (Wildman–Crippen LogP) is 2.19. The number of aromatic amines is 1. The molecule has 2 aromatic heterocycles. The highest BCUT2D eigenvalue weighted by molar-refractivity contribution is 5.92. The van der Waals surface area contributed by atoms with Gasteiger partial charge < -0.3 is 5.32 Å². The van der Waals surface area contributed by atoms with Crippen LogP contribution in [0.5, 0.6) is 0 Å². The molecular formula is C19H20N6O. The van der Waals surface area contributed by atoms with Crippen molar-refractivity contribution in [3.8, 4) is 11.5 Å². The van der Waals surface area contributed by atoms with Crippen molar-refractivity contribution >= 4 is 5.91 Å². The van der Waals surface area contributed by atoms with Crippen LogP contribution in [0.4, 0.5) is 0 Å². The average molecular weight is 348 g/mol. The van der Waals surface area contributed by atoms with E-state index in [1.807, 2.05) is 0 Å². The Bertz CT molecular complexity index is 883. The van der Waals surface area contributed by atoms with Gasteiger partial charge in [0.15, 0.2) is 0 Å². The summed E-state index contributed by atoms with van der Waals surface area (Å²) in [6.45, 7) is 2.11. The molecule has 0 saturated carbocycles. The zero-order valence-electron chi connectivity index (χ0n) is 14.5. The zero-order valence-corrected chi connectivity index (χ0v) is 14.5. The molecule has 2 N–H and O–H groups in total. The second-order valence-corrected chi connectivity index (χ2v) is 6.57. The molecule has 132 valence electrons. The van der Waals surface area contributed by atoms with Crippen LogP contribution in [0.15, 0.2) is 42.5 Å². The van der Waals surface area contributed by atoms with Gasteiger partial charge in [0.1, 0.15) is 11.4 Å². The Balaban J connectivity index is 1.48. The average Bonchev–Trinajstić information content (AvgIpc) is 3.35. The molecular weight excluding hydrogens is 328 g/mol. The molecule has 7 heteroatoms. The summed E-state index contributed by atoms with van der Waals surface area (Å²) in [5.74, 6) is 0.623. The molecule has 7 nitrogen and oxygen atoms in total. The molecule has 0 bridgehead atoms. The molecule has 0 spiro atoms. The SMILES string of the molecule is CCC(NC(=O)c1cccc(-c2nn[nH]n2)n1)C1Cc2ccccc2C1. The van der Waals surface area contributed by atoms with E-state index in [1.165, 1.54) is 11.1 Å². The smallest absolute Gasteiger partial charge is 0.270 e. The van der Waals surface area contributed by atoms with Crippen molar-refractivity contribution in [3.05, 3.63) is 59.3 Å². The number of pyridine rings is 1. The Morgan fingerprint density at radius 1 is 1.19 bits per heavy atom. The van der Waals surface area contributed by atoms with Gasteiger partial charge in [-0.05, 0) is 53.7 Å². The van der Waals surface area contributed by atoms with Crippen molar-refractivity contribution in [2.75, 3.05) is 0 Å². The van der Waals surface area contributed by atoms with E-state index in [4.69, 9.17) is 0 Å². The molecule has 0 radical (unpaired) electrons. The molecule has 2 heterocycles. The predicted molar refractivity (Wildman–Crippen MR) is 96.3 cm³/mol. The van der Waals surface area contributed by atoms with Gasteiger partial charge >= 0.3 is 0 Å². The molecule has 1 amide bonds. The minimum absolute atomic E-state index is 0.116. The van der Waals surface area contributed by atoms with E-state index in [0.29, 0.717) is 23.1 Å². The van der Waals surface area contributed by atoms with Crippen LogP contribution in [0.2, 0.25) is 0 Å². The van der Waals surface area contributed by atoms with Crippen LogP contribution in [0.1, 0.15) is 35.0 Å². The third-order valence-corrected chi connectivity index (χ3v) is 4.96. The summed E-state index contributed by atoms with van der Waals surface area (Å²) in [7, 11) is 0.